The normalized spacial score (nSPS) is 12.5. The van der Waals surface area contributed by atoms with Gasteiger partial charge in [0, 0.05) is 105 Å². The smallest absolute Gasteiger partial charge is 0.126 e. The number of methoxy groups -OCH3 is 6. The largest absolute Gasteiger partial charge is 0.508 e. The molecule has 6 aromatic rings. The number of hydrogen-bond donors (Lipinski definition) is 6. The van der Waals surface area contributed by atoms with Crippen LogP contribution in [0.3, 0.4) is 0 Å². The Bertz CT molecular complexity index is 1990. The van der Waals surface area contributed by atoms with Crippen molar-refractivity contribution in [2.24, 2.45) is 0 Å². The summed E-state index contributed by atoms with van der Waals surface area (Å²) in [6.45, 7) is 0. The van der Waals surface area contributed by atoms with Crippen LogP contribution >= 0.6 is 0 Å². The van der Waals surface area contributed by atoms with E-state index in [0.29, 0.717) is 101 Å². The summed E-state index contributed by atoms with van der Waals surface area (Å²) in [5, 5.41) is 66.6. The van der Waals surface area contributed by atoms with E-state index < -0.39 is 0 Å². The standard InChI is InChI=1S/C48H48O12/c1-55-43-25-7-27-15-38(50)17-29(44(27)56-2)9-31-19-40(52)21-33(46(31)58-4)11-35-23-42(54)24-36(48(35)60-6)12-34-22-41(53)20-32(47(34)59-5)10-30-18-39(51)16-28(45(30)57-3)8-26(43)14-37(49)13-25/h13-24,49-54H,7-12H2,1-6H3. The van der Waals surface area contributed by atoms with Gasteiger partial charge in [0.15, 0.2) is 0 Å². The maximum Gasteiger partial charge on any atom is 0.126 e. The maximum absolute atomic E-state index is 11.1. The second kappa shape index (κ2) is 17.0. The van der Waals surface area contributed by atoms with Crippen LogP contribution in [0.1, 0.15) is 66.8 Å². The van der Waals surface area contributed by atoms with Gasteiger partial charge in [0.05, 0.1) is 42.7 Å². The Morgan fingerprint density at radius 2 is 0.333 bits per heavy atom. The Morgan fingerprint density at radius 3 is 0.417 bits per heavy atom. The highest BCUT2D eigenvalue weighted by Gasteiger charge is 2.25. The van der Waals surface area contributed by atoms with Gasteiger partial charge in [0.2, 0.25) is 0 Å². The summed E-state index contributed by atoms with van der Waals surface area (Å²) in [6.07, 6.45) is 1.08. The third kappa shape index (κ3) is 8.13. The molecule has 0 unspecified atom stereocenters. The van der Waals surface area contributed by atoms with E-state index in [1.807, 2.05) is 0 Å². The molecule has 0 saturated carbocycles. The van der Waals surface area contributed by atoms with Crippen molar-refractivity contribution in [3.05, 3.63) is 140 Å². The van der Waals surface area contributed by atoms with Crippen LogP contribution in [-0.2, 0) is 38.5 Å². The predicted molar refractivity (Wildman–Crippen MR) is 225 cm³/mol. The zero-order valence-electron chi connectivity index (χ0n) is 34.3. The molecule has 1 aliphatic rings. The topological polar surface area (TPSA) is 177 Å². The van der Waals surface area contributed by atoms with Gasteiger partial charge in [-0.15, -0.1) is 0 Å². The van der Waals surface area contributed by atoms with Gasteiger partial charge in [-0.2, -0.15) is 0 Å². The molecule has 0 saturated heterocycles. The first-order chi connectivity index (χ1) is 28.9. The fraction of sp³-hybridized carbons (Fsp3) is 0.250. The molecule has 312 valence electrons. The van der Waals surface area contributed by atoms with E-state index in [2.05, 4.69) is 0 Å². The van der Waals surface area contributed by atoms with Crippen molar-refractivity contribution in [1.29, 1.82) is 0 Å². The molecular weight excluding hydrogens is 769 g/mol. The monoisotopic (exact) mass is 816 g/mol. The molecule has 0 aromatic heterocycles. The highest BCUT2D eigenvalue weighted by Crippen LogP contribution is 2.44. The summed E-state index contributed by atoms with van der Waals surface area (Å²) in [7, 11) is 9.22. The number of phenolic OH excluding ortho intramolecular Hbond substituents is 6. The maximum atomic E-state index is 11.1. The van der Waals surface area contributed by atoms with E-state index in [1.54, 1.807) is 72.8 Å². The lowest BCUT2D eigenvalue weighted by molar-refractivity contribution is 0.391. The second-order valence-electron chi connectivity index (χ2n) is 14.8. The molecule has 0 radical (unpaired) electrons. The Labute approximate surface area is 348 Å². The van der Waals surface area contributed by atoms with E-state index in [1.165, 1.54) is 42.7 Å². The van der Waals surface area contributed by atoms with Crippen LogP contribution in [0, 0.1) is 0 Å². The third-order valence-corrected chi connectivity index (χ3v) is 10.9. The molecule has 1 aliphatic carbocycles. The van der Waals surface area contributed by atoms with E-state index in [4.69, 9.17) is 28.4 Å². The molecule has 0 amide bonds. The lowest BCUT2D eigenvalue weighted by Gasteiger charge is -2.21. The van der Waals surface area contributed by atoms with Crippen molar-refractivity contribution in [1.82, 2.24) is 0 Å². The first-order valence-corrected chi connectivity index (χ1v) is 19.2. The zero-order valence-corrected chi connectivity index (χ0v) is 34.3. The van der Waals surface area contributed by atoms with Crippen LogP contribution in [-0.4, -0.2) is 73.3 Å². The van der Waals surface area contributed by atoms with Crippen molar-refractivity contribution >= 4 is 0 Å². The van der Waals surface area contributed by atoms with Gasteiger partial charge in [0.1, 0.15) is 69.0 Å². The predicted octanol–water partition coefficient (Wildman–Crippen LogP) is 7.83. The fourth-order valence-corrected chi connectivity index (χ4v) is 8.80. The molecule has 7 rings (SSSR count). The van der Waals surface area contributed by atoms with Crippen LogP contribution in [0.25, 0.3) is 0 Å². The fourth-order valence-electron chi connectivity index (χ4n) is 8.80. The molecule has 0 spiro atoms. The summed E-state index contributed by atoms with van der Waals surface area (Å²) in [6, 6.07) is 19.1. The number of phenols is 6. The minimum atomic E-state index is -0.0234. The van der Waals surface area contributed by atoms with Crippen LogP contribution in [0.2, 0.25) is 0 Å². The molecule has 0 aliphatic heterocycles. The number of hydrogen-bond acceptors (Lipinski definition) is 12. The van der Waals surface area contributed by atoms with Crippen molar-refractivity contribution < 1.29 is 59.1 Å². The lowest BCUT2D eigenvalue weighted by Crippen LogP contribution is -2.06. The van der Waals surface area contributed by atoms with E-state index in [0.717, 1.165) is 0 Å². The summed E-state index contributed by atoms with van der Waals surface area (Å²) >= 11 is 0. The van der Waals surface area contributed by atoms with Gasteiger partial charge in [-0.3, -0.25) is 0 Å². The van der Waals surface area contributed by atoms with Crippen LogP contribution in [0.4, 0.5) is 0 Å². The molecule has 6 N–H and O–H groups in total. The second-order valence-corrected chi connectivity index (χ2v) is 14.8. The highest BCUT2D eigenvalue weighted by molar-refractivity contribution is 5.61. The number of ether oxygens (including phenoxy) is 6. The average Bonchev–Trinajstić information content (AvgIpc) is 3.17. The van der Waals surface area contributed by atoms with Crippen molar-refractivity contribution in [2.45, 2.75) is 38.5 Å². The Kier molecular flexibility index (Phi) is 11.7. The van der Waals surface area contributed by atoms with E-state index >= 15 is 0 Å². The molecule has 0 heterocycles. The zero-order chi connectivity index (χ0) is 42.8. The Hall–Kier alpha value is -7.08. The number of benzene rings is 6. The van der Waals surface area contributed by atoms with Crippen LogP contribution in [0.15, 0.2) is 72.8 Å². The van der Waals surface area contributed by atoms with Gasteiger partial charge in [-0.1, -0.05) is 0 Å². The average molecular weight is 817 g/mol. The number of rotatable bonds is 6. The van der Waals surface area contributed by atoms with Gasteiger partial charge in [0.25, 0.3) is 0 Å². The minimum absolute atomic E-state index is 0.0234. The summed E-state index contributed by atoms with van der Waals surface area (Å²) in [5.74, 6) is 2.72. The van der Waals surface area contributed by atoms with Gasteiger partial charge in [-0.05, 0) is 72.8 Å². The highest BCUT2D eigenvalue weighted by atomic mass is 16.5. The van der Waals surface area contributed by atoms with E-state index in [-0.39, 0.29) is 73.0 Å². The van der Waals surface area contributed by atoms with Crippen molar-refractivity contribution in [3.8, 4) is 69.0 Å². The Balaban J connectivity index is 1.49. The molecule has 12 bridgehead atoms. The van der Waals surface area contributed by atoms with E-state index in [9.17, 15) is 30.6 Å². The first-order valence-electron chi connectivity index (χ1n) is 19.2. The van der Waals surface area contributed by atoms with Crippen LogP contribution in [0.5, 0.6) is 69.0 Å². The van der Waals surface area contributed by atoms with Crippen molar-refractivity contribution in [3.63, 3.8) is 0 Å². The summed E-state index contributed by atoms with van der Waals surface area (Å²) < 4.78 is 36.0. The lowest BCUT2D eigenvalue weighted by atomic mass is 9.90. The molecular formula is C48H48O12. The molecule has 12 heteroatoms. The van der Waals surface area contributed by atoms with Crippen LogP contribution < -0.4 is 28.4 Å². The molecule has 6 aromatic carbocycles. The van der Waals surface area contributed by atoms with Crippen molar-refractivity contribution in [2.75, 3.05) is 42.7 Å². The quantitative estimate of drug-likeness (QED) is 0.0961. The minimum Gasteiger partial charge on any atom is -0.508 e. The molecule has 0 fully saturated rings. The van der Waals surface area contributed by atoms with Gasteiger partial charge >= 0.3 is 0 Å². The summed E-state index contributed by atoms with van der Waals surface area (Å²) in [4.78, 5) is 0. The number of fused-ring (bicyclic) bond motifs is 12. The van der Waals surface area contributed by atoms with Gasteiger partial charge in [-0.25, -0.2) is 0 Å². The third-order valence-electron chi connectivity index (χ3n) is 10.9. The summed E-state index contributed by atoms with van der Waals surface area (Å²) in [5.41, 5.74) is 7.22. The number of aromatic hydroxyl groups is 6. The molecule has 12 nitrogen and oxygen atoms in total. The van der Waals surface area contributed by atoms with Gasteiger partial charge < -0.3 is 59.1 Å². The molecule has 60 heavy (non-hydrogen) atoms. The SMILES string of the molecule is COc1c2cc(O)cc1Cc1cc(O)cc(c1OC)Cc1cc(O)cc(c1OC)Cc1cc(O)cc(c1OC)Cc1cc(O)cc(c1OC)Cc1cc(O)cc(c1OC)C2. The first kappa shape index (κ1) is 41.1. The molecule has 0 atom stereocenters. The Morgan fingerprint density at radius 1 is 0.233 bits per heavy atom.